The Morgan fingerprint density at radius 2 is 2.21 bits per heavy atom. The summed E-state index contributed by atoms with van der Waals surface area (Å²) in [5.74, 6) is 0.470. The van der Waals surface area contributed by atoms with Crippen molar-refractivity contribution >= 4 is 0 Å². The zero-order valence-electron chi connectivity index (χ0n) is 8.88. The van der Waals surface area contributed by atoms with Crippen LogP contribution in [-0.2, 0) is 0 Å². The molecule has 0 heterocycles. The van der Waals surface area contributed by atoms with E-state index in [1.54, 1.807) is 0 Å². The standard InChI is InChI=1S/C14H16/c1-3-4-7-11(2)14-10-12-8-5-6-9-13(12)14/h5-9,14H,3-4H2,1-2H3. The van der Waals surface area contributed by atoms with E-state index in [0.29, 0.717) is 5.92 Å². The smallest absolute Gasteiger partial charge is 0.0292 e. The molecule has 1 aliphatic carbocycles. The maximum Gasteiger partial charge on any atom is 0.0292 e. The average Bonchev–Trinajstić information content (AvgIpc) is 2.17. The molecule has 1 aliphatic rings. The van der Waals surface area contributed by atoms with Crippen LogP contribution in [0.25, 0.3) is 0 Å². The van der Waals surface area contributed by atoms with E-state index in [1.165, 1.54) is 29.5 Å². The maximum atomic E-state index is 3.46. The molecule has 0 saturated carbocycles. The highest BCUT2D eigenvalue weighted by atomic mass is 14.3. The zero-order chi connectivity index (χ0) is 9.97. The Kier molecular flexibility index (Phi) is 2.72. The van der Waals surface area contributed by atoms with E-state index in [2.05, 4.69) is 50.6 Å². The van der Waals surface area contributed by atoms with Gasteiger partial charge in [0.1, 0.15) is 0 Å². The van der Waals surface area contributed by atoms with E-state index in [0.717, 1.165) is 0 Å². The van der Waals surface area contributed by atoms with Gasteiger partial charge in [-0.15, -0.1) is 0 Å². The molecule has 1 atom stereocenters. The third kappa shape index (κ3) is 1.61. The zero-order valence-corrected chi connectivity index (χ0v) is 8.88. The Labute approximate surface area is 86.7 Å². The van der Waals surface area contributed by atoms with E-state index in [9.17, 15) is 0 Å². The number of allylic oxidation sites excluding steroid dienone is 2. The summed E-state index contributed by atoms with van der Waals surface area (Å²) in [5.41, 5.74) is 4.18. The molecular formula is C14H16. The number of hydrogen-bond donors (Lipinski definition) is 0. The van der Waals surface area contributed by atoms with Crippen molar-refractivity contribution in [1.82, 2.24) is 0 Å². The fourth-order valence-electron chi connectivity index (χ4n) is 1.88. The van der Waals surface area contributed by atoms with Gasteiger partial charge in [-0.1, -0.05) is 49.3 Å². The second-order valence-corrected chi connectivity index (χ2v) is 3.90. The van der Waals surface area contributed by atoms with E-state index in [4.69, 9.17) is 0 Å². The summed E-state index contributed by atoms with van der Waals surface area (Å²) in [6.07, 6.45) is 8.22. The van der Waals surface area contributed by atoms with Gasteiger partial charge in [0.2, 0.25) is 0 Å². The van der Waals surface area contributed by atoms with Crippen LogP contribution >= 0.6 is 0 Å². The molecule has 0 fully saturated rings. The highest BCUT2D eigenvalue weighted by Gasteiger charge is 2.27. The summed E-state index contributed by atoms with van der Waals surface area (Å²) in [6, 6.07) is 8.53. The Balaban J connectivity index is 2.11. The Morgan fingerprint density at radius 3 is 2.93 bits per heavy atom. The molecule has 1 aromatic rings. The van der Waals surface area contributed by atoms with Crippen LogP contribution in [-0.4, -0.2) is 0 Å². The Bertz CT molecular complexity index is 347. The summed E-state index contributed by atoms with van der Waals surface area (Å²) < 4.78 is 0. The van der Waals surface area contributed by atoms with Crippen LogP contribution in [0.3, 0.4) is 0 Å². The monoisotopic (exact) mass is 184 g/mol. The third-order valence-corrected chi connectivity index (χ3v) is 2.78. The van der Waals surface area contributed by atoms with E-state index in [-0.39, 0.29) is 0 Å². The van der Waals surface area contributed by atoms with Crippen LogP contribution in [0.1, 0.15) is 43.7 Å². The highest BCUT2D eigenvalue weighted by molar-refractivity contribution is 5.53. The summed E-state index contributed by atoms with van der Waals surface area (Å²) in [6.45, 7) is 4.43. The molecule has 0 nitrogen and oxygen atoms in total. The first-order valence-corrected chi connectivity index (χ1v) is 5.35. The van der Waals surface area contributed by atoms with Crippen molar-refractivity contribution in [1.29, 1.82) is 0 Å². The number of unbranched alkanes of at least 4 members (excludes halogenated alkanes) is 1. The number of hydrogen-bond acceptors (Lipinski definition) is 0. The topological polar surface area (TPSA) is 0 Å². The van der Waals surface area contributed by atoms with Crippen LogP contribution in [0.15, 0.2) is 35.9 Å². The lowest BCUT2D eigenvalue weighted by atomic mass is 9.73. The fourth-order valence-corrected chi connectivity index (χ4v) is 1.88. The van der Waals surface area contributed by atoms with Gasteiger partial charge in [-0.05, 0) is 24.5 Å². The number of fused-ring (bicyclic) bond motifs is 1. The third-order valence-electron chi connectivity index (χ3n) is 2.78. The second kappa shape index (κ2) is 4.00. The van der Waals surface area contributed by atoms with Crippen LogP contribution in [0, 0.1) is 6.42 Å². The van der Waals surface area contributed by atoms with Gasteiger partial charge >= 0.3 is 0 Å². The number of benzene rings is 1. The Morgan fingerprint density at radius 1 is 1.43 bits per heavy atom. The molecule has 0 spiro atoms. The van der Waals surface area contributed by atoms with Crippen LogP contribution in [0.2, 0.25) is 0 Å². The maximum absolute atomic E-state index is 3.46. The van der Waals surface area contributed by atoms with Crippen molar-refractivity contribution in [2.75, 3.05) is 0 Å². The summed E-state index contributed by atoms with van der Waals surface area (Å²) >= 11 is 0. The van der Waals surface area contributed by atoms with Crippen LogP contribution in [0.4, 0.5) is 0 Å². The number of rotatable bonds is 3. The van der Waals surface area contributed by atoms with Gasteiger partial charge in [0.05, 0.1) is 0 Å². The lowest BCUT2D eigenvalue weighted by Gasteiger charge is -2.30. The fraction of sp³-hybridized carbons (Fsp3) is 0.357. The molecule has 0 amide bonds. The minimum Gasteiger partial charge on any atom is -0.0850 e. The molecule has 0 aliphatic heterocycles. The first-order valence-electron chi connectivity index (χ1n) is 5.35. The van der Waals surface area contributed by atoms with Crippen molar-refractivity contribution in [3.8, 4) is 0 Å². The van der Waals surface area contributed by atoms with Crippen molar-refractivity contribution in [2.45, 2.75) is 32.6 Å². The van der Waals surface area contributed by atoms with E-state index >= 15 is 0 Å². The molecule has 14 heavy (non-hydrogen) atoms. The molecule has 1 aromatic carbocycles. The van der Waals surface area contributed by atoms with Gasteiger partial charge in [0.15, 0.2) is 0 Å². The molecule has 2 rings (SSSR count). The lowest BCUT2D eigenvalue weighted by molar-refractivity contribution is 0.826. The molecule has 0 heteroatoms. The molecule has 0 N–H and O–H groups in total. The first kappa shape index (κ1) is 9.51. The predicted octanol–water partition coefficient (Wildman–Crippen LogP) is 3.96. The normalized spacial score (nSPS) is 20.1. The summed E-state index contributed by atoms with van der Waals surface area (Å²) in [5, 5.41) is 0. The van der Waals surface area contributed by atoms with Crippen LogP contribution < -0.4 is 0 Å². The molecule has 0 bridgehead atoms. The Hall–Kier alpha value is -1.04. The molecule has 0 saturated heterocycles. The van der Waals surface area contributed by atoms with Gasteiger partial charge in [0.25, 0.3) is 0 Å². The summed E-state index contributed by atoms with van der Waals surface area (Å²) in [4.78, 5) is 0. The van der Waals surface area contributed by atoms with Crippen molar-refractivity contribution in [2.24, 2.45) is 0 Å². The van der Waals surface area contributed by atoms with Gasteiger partial charge in [0, 0.05) is 12.3 Å². The predicted molar refractivity (Wildman–Crippen MR) is 60.2 cm³/mol. The van der Waals surface area contributed by atoms with Gasteiger partial charge in [-0.3, -0.25) is 0 Å². The highest BCUT2D eigenvalue weighted by Crippen LogP contribution is 2.41. The van der Waals surface area contributed by atoms with E-state index < -0.39 is 0 Å². The first-order chi connectivity index (χ1) is 6.83. The second-order valence-electron chi connectivity index (χ2n) is 3.90. The molecular weight excluding hydrogens is 168 g/mol. The summed E-state index contributed by atoms with van der Waals surface area (Å²) in [7, 11) is 0. The van der Waals surface area contributed by atoms with Crippen molar-refractivity contribution in [3.63, 3.8) is 0 Å². The minimum atomic E-state index is 0.470. The van der Waals surface area contributed by atoms with E-state index in [1.807, 2.05) is 0 Å². The van der Waals surface area contributed by atoms with Crippen molar-refractivity contribution in [3.05, 3.63) is 53.5 Å². The SMILES string of the molecule is CCCC=C(C)C1[C]c2ccccc21. The quantitative estimate of drug-likeness (QED) is 0.624. The van der Waals surface area contributed by atoms with Gasteiger partial charge in [-0.2, -0.15) is 0 Å². The lowest BCUT2D eigenvalue weighted by Crippen LogP contribution is -2.15. The molecule has 0 aromatic heterocycles. The van der Waals surface area contributed by atoms with Gasteiger partial charge in [-0.25, -0.2) is 0 Å². The van der Waals surface area contributed by atoms with Crippen LogP contribution in [0.5, 0.6) is 0 Å². The largest absolute Gasteiger partial charge is 0.0850 e. The average molecular weight is 184 g/mol. The van der Waals surface area contributed by atoms with Crippen molar-refractivity contribution < 1.29 is 0 Å². The molecule has 72 valence electrons. The molecule has 1 unspecified atom stereocenters. The molecule has 2 radical (unpaired) electrons. The minimum absolute atomic E-state index is 0.470. The van der Waals surface area contributed by atoms with Gasteiger partial charge < -0.3 is 0 Å².